The summed E-state index contributed by atoms with van der Waals surface area (Å²) in [6.07, 6.45) is 4.07. The minimum Gasteiger partial charge on any atom is -0.481 e. The standard InChI is InChI=1S/C21H25NO5/c1-26-13-4-11-21(20(24)25)10-3-12-22(15-21)19(23)17-8-6-16(7-9-17)18-5-2-14-27-18/h2,5-9,14H,3-4,10-13,15H2,1H3,(H,24,25)/t21-/m0/s1. The van der Waals surface area contributed by atoms with Gasteiger partial charge in [-0.2, -0.15) is 0 Å². The van der Waals surface area contributed by atoms with Crippen molar-refractivity contribution in [1.29, 1.82) is 0 Å². The molecule has 2 heterocycles. The van der Waals surface area contributed by atoms with E-state index in [9.17, 15) is 14.7 Å². The molecule has 1 aliphatic rings. The van der Waals surface area contributed by atoms with E-state index in [0.717, 1.165) is 11.3 Å². The second kappa shape index (κ2) is 8.39. The second-order valence-corrected chi connectivity index (χ2v) is 7.07. The van der Waals surface area contributed by atoms with Gasteiger partial charge < -0.3 is 19.2 Å². The van der Waals surface area contributed by atoms with Crippen molar-refractivity contribution in [3.63, 3.8) is 0 Å². The highest BCUT2D eigenvalue weighted by atomic mass is 16.5. The number of aliphatic carboxylic acids is 1. The lowest BCUT2D eigenvalue weighted by Crippen LogP contribution is -2.50. The third-order valence-electron chi connectivity index (χ3n) is 5.26. The number of hydrogen-bond acceptors (Lipinski definition) is 4. The van der Waals surface area contributed by atoms with E-state index >= 15 is 0 Å². The Bertz CT molecular complexity index is 768. The van der Waals surface area contributed by atoms with Crippen molar-refractivity contribution in [3.8, 4) is 11.3 Å². The zero-order chi connectivity index (χ0) is 19.3. The number of benzene rings is 1. The van der Waals surface area contributed by atoms with E-state index in [-0.39, 0.29) is 12.5 Å². The summed E-state index contributed by atoms with van der Waals surface area (Å²) in [5, 5.41) is 9.81. The van der Waals surface area contributed by atoms with Crippen molar-refractivity contribution in [1.82, 2.24) is 4.90 Å². The summed E-state index contributed by atoms with van der Waals surface area (Å²) in [5.41, 5.74) is 0.568. The predicted octanol–water partition coefficient (Wildman–Crippen LogP) is 3.68. The molecule has 1 fully saturated rings. The lowest BCUT2D eigenvalue weighted by atomic mass is 9.76. The molecule has 0 unspecified atom stereocenters. The molecule has 1 aromatic heterocycles. The quantitative estimate of drug-likeness (QED) is 0.751. The van der Waals surface area contributed by atoms with E-state index in [2.05, 4.69) is 0 Å². The minimum atomic E-state index is -0.888. The Balaban J connectivity index is 1.72. The van der Waals surface area contributed by atoms with Gasteiger partial charge in [0.25, 0.3) is 5.91 Å². The highest BCUT2D eigenvalue weighted by molar-refractivity contribution is 5.95. The number of methoxy groups -OCH3 is 1. The number of furan rings is 1. The van der Waals surface area contributed by atoms with Gasteiger partial charge in [0.1, 0.15) is 5.76 Å². The van der Waals surface area contributed by atoms with Crippen molar-refractivity contribution in [3.05, 3.63) is 48.2 Å². The zero-order valence-electron chi connectivity index (χ0n) is 15.5. The first kappa shape index (κ1) is 19.2. The van der Waals surface area contributed by atoms with Gasteiger partial charge in [0, 0.05) is 37.9 Å². The molecule has 1 amide bonds. The molecule has 0 radical (unpaired) electrons. The number of nitrogens with zero attached hydrogens (tertiary/aromatic N) is 1. The number of carboxylic acids is 1. The van der Waals surface area contributed by atoms with E-state index in [0.29, 0.717) is 44.4 Å². The zero-order valence-corrected chi connectivity index (χ0v) is 15.5. The minimum absolute atomic E-state index is 0.127. The normalized spacial score (nSPS) is 19.8. The highest BCUT2D eigenvalue weighted by Gasteiger charge is 2.43. The Morgan fingerprint density at radius 3 is 2.67 bits per heavy atom. The molecule has 144 valence electrons. The van der Waals surface area contributed by atoms with Gasteiger partial charge in [-0.3, -0.25) is 9.59 Å². The summed E-state index contributed by atoms with van der Waals surface area (Å²) in [5.74, 6) is -0.211. The third kappa shape index (κ3) is 4.22. The second-order valence-electron chi connectivity index (χ2n) is 7.07. The molecular formula is C21H25NO5. The number of hydrogen-bond donors (Lipinski definition) is 1. The summed E-state index contributed by atoms with van der Waals surface area (Å²) in [6, 6.07) is 10.9. The van der Waals surface area contributed by atoms with Crippen LogP contribution in [-0.4, -0.2) is 48.7 Å². The summed E-state index contributed by atoms with van der Waals surface area (Å²) >= 11 is 0. The van der Waals surface area contributed by atoms with Gasteiger partial charge in [0.15, 0.2) is 0 Å². The molecule has 1 aliphatic heterocycles. The molecule has 1 saturated heterocycles. The smallest absolute Gasteiger partial charge is 0.311 e. The molecule has 6 nitrogen and oxygen atoms in total. The molecule has 3 rings (SSSR count). The first-order valence-corrected chi connectivity index (χ1v) is 9.21. The fraction of sp³-hybridized carbons (Fsp3) is 0.429. The predicted molar refractivity (Wildman–Crippen MR) is 100 cm³/mol. The molecule has 1 aromatic carbocycles. The first-order chi connectivity index (χ1) is 13.1. The fourth-order valence-electron chi connectivity index (χ4n) is 3.75. The van der Waals surface area contributed by atoms with Crippen LogP contribution in [0.25, 0.3) is 11.3 Å². The summed E-state index contributed by atoms with van der Waals surface area (Å²) in [4.78, 5) is 26.6. The largest absolute Gasteiger partial charge is 0.481 e. The number of ether oxygens (including phenoxy) is 1. The number of likely N-dealkylation sites (tertiary alicyclic amines) is 1. The SMILES string of the molecule is COCCC[C@@]1(C(=O)O)CCCN(C(=O)c2ccc(-c3ccco3)cc2)C1. The van der Waals surface area contributed by atoms with Crippen LogP contribution < -0.4 is 0 Å². The van der Waals surface area contributed by atoms with Crippen molar-refractivity contribution in [2.45, 2.75) is 25.7 Å². The molecule has 2 aromatic rings. The summed E-state index contributed by atoms with van der Waals surface area (Å²) < 4.78 is 10.4. The molecular weight excluding hydrogens is 346 g/mol. The molecule has 27 heavy (non-hydrogen) atoms. The van der Waals surface area contributed by atoms with Crippen LogP contribution in [0.2, 0.25) is 0 Å². The van der Waals surface area contributed by atoms with Crippen LogP contribution in [0.4, 0.5) is 0 Å². The van der Waals surface area contributed by atoms with Gasteiger partial charge in [-0.25, -0.2) is 0 Å². The molecule has 1 N–H and O–H groups in total. The number of rotatable bonds is 7. The van der Waals surface area contributed by atoms with Gasteiger partial charge in [-0.05, 0) is 49.9 Å². The van der Waals surface area contributed by atoms with Crippen LogP contribution in [0.3, 0.4) is 0 Å². The van der Waals surface area contributed by atoms with Crippen LogP contribution in [0.5, 0.6) is 0 Å². The van der Waals surface area contributed by atoms with E-state index in [1.165, 1.54) is 0 Å². The van der Waals surface area contributed by atoms with Gasteiger partial charge in [-0.1, -0.05) is 12.1 Å². The number of carbonyl (C=O) groups excluding carboxylic acids is 1. The fourth-order valence-corrected chi connectivity index (χ4v) is 3.75. The average Bonchev–Trinajstić information content (AvgIpc) is 3.23. The van der Waals surface area contributed by atoms with Crippen LogP contribution in [0, 0.1) is 5.41 Å². The van der Waals surface area contributed by atoms with E-state index in [1.54, 1.807) is 30.4 Å². The summed E-state index contributed by atoms with van der Waals surface area (Å²) in [7, 11) is 1.61. The Labute approximate surface area is 158 Å². The molecule has 0 saturated carbocycles. The molecule has 1 atom stereocenters. The van der Waals surface area contributed by atoms with Gasteiger partial charge in [0.2, 0.25) is 0 Å². The van der Waals surface area contributed by atoms with Gasteiger partial charge >= 0.3 is 5.97 Å². The Kier molecular flexibility index (Phi) is 5.96. The highest BCUT2D eigenvalue weighted by Crippen LogP contribution is 2.36. The number of piperidine rings is 1. The number of carboxylic acid groups (broad SMARTS) is 1. The molecule has 6 heteroatoms. The third-order valence-corrected chi connectivity index (χ3v) is 5.26. The average molecular weight is 371 g/mol. The monoisotopic (exact) mass is 371 g/mol. The number of carbonyl (C=O) groups is 2. The van der Waals surface area contributed by atoms with E-state index in [4.69, 9.17) is 9.15 Å². The molecule has 0 bridgehead atoms. The number of amides is 1. The van der Waals surface area contributed by atoms with Crippen LogP contribution in [-0.2, 0) is 9.53 Å². The van der Waals surface area contributed by atoms with E-state index < -0.39 is 11.4 Å². The Morgan fingerprint density at radius 2 is 2.04 bits per heavy atom. The topological polar surface area (TPSA) is 80.0 Å². The van der Waals surface area contributed by atoms with Crippen LogP contribution in [0.15, 0.2) is 47.1 Å². The van der Waals surface area contributed by atoms with Crippen molar-refractivity contribution < 1.29 is 23.8 Å². The van der Waals surface area contributed by atoms with Crippen LogP contribution in [0.1, 0.15) is 36.0 Å². The lowest BCUT2D eigenvalue weighted by Gasteiger charge is -2.40. The maximum Gasteiger partial charge on any atom is 0.311 e. The van der Waals surface area contributed by atoms with Crippen molar-refractivity contribution in [2.75, 3.05) is 26.8 Å². The lowest BCUT2D eigenvalue weighted by molar-refractivity contribution is -0.152. The maximum absolute atomic E-state index is 12.9. The van der Waals surface area contributed by atoms with Crippen molar-refractivity contribution in [2.24, 2.45) is 5.41 Å². The van der Waals surface area contributed by atoms with Crippen molar-refractivity contribution >= 4 is 11.9 Å². The van der Waals surface area contributed by atoms with E-state index in [1.807, 2.05) is 24.3 Å². The maximum atomic E-state index is 12.9. The van der Waals surface area contributed by atoms with Gasteiger partial charge in [-0.15, -0.1) is 0 Å². The van der Waals surface area contributed by atoms with Crippen LogP contribution >= 0.6 is 0 Å². The molecule has 0 aliphatic carbocycles. The first-order valence-electron chi connectivity index (χ1n) is 9.21. The Hall–Kier alpha value is -2.60. The Morgan fingerprint density at radius 1 is 1.26 bits per heavy atom. The molecule has 0 spiro atoms. The summed E-state index contributed by atoms with van der Waals surface area (Å²) in [6.45, 7) is 1.35. The van der Waals surface area contributed by atoms with Gasteiger partial charge in [0.05, 0.1) is 11.7 Å².